The maximum atomic E-state index is 13.4. The lowest BCUT2D eigenvalue weighted by Gasteiger charge is -2.15. The summed E-state index contributed by atoms with van der Waals surface area (Å²) in [6.07, 6.45) is 2.52. The molecule has 0 saturated heterocycles. The summed E-state index contributed by atoms with van der Waals surface area (Å²) in [5, 5.41) is 6.93. The SMILES string of the molecule is Fc1ccc(C2(Cc3ncc(-c4nnc(C(F)F)o4)cn3)CC2)cc1Cl. The second-order valence-electron chi connectivity index (χ2n) is 6.22. The predicted molar refractivity (Wildman–Crippen MR) is 86.3 cm³/mol. The Morgan fingerprint density at radius 1 is 1.15 bits per heavy atom. The van der Waals surface area contributed by atoms with Gasteiger partial charge in [-0.15, -0.1) is 10.2 Å². The Hall–Kier alpha value is -2.48. The summed E-state index contributed by atoms with van der Waals surface area (Å²) in [6, 6.07) is 4.73. The van der Waals surface area contributed by atoms with Crippen LogP contribution < -0.4 is 0 Å². The molecule has 0 spiro atoms. The van der Waals surface area contributed by atoms with E-state index >= 15 is 0 Å². The Bertz CT molecular complexity index is 941. The molecule has 1 fully saturated rings. The molecule has 0 atom stereocenters. The van der Waals surface area contributed by atoms with Crippen molar-refractivity contribution in [3.05, 3.63) is 58.7 Å². The van der Waals surface area contributed by atoms with Gasteiger partial charge in [0.25, 0.3) is 11.8 Å². The third-order valence-electron chi connectivity index (χ3n) is 4.46. The fourth-order valence-electron chi connectivity index (χ4n) is 2.84. The highest BCUT2D eigenvalue weighted by Crippen LogP contribution is 2.50. The van der Waals surface area contributed by atoms with Crippen LogP contribution in [-0.4, -0.2) is 20.2 Å². The maximum Gasteiger partial charge on any atom is 0.314 e. The number of halogens is 4. The van der Waals surface area contributed by atoms with Gasteiger partial charge in [-0.25, -0.2) is 14.4 Å². The molecule has 1 saturated carbocycles. The average Bonchev–Trinajstić information content (AvgIpc) is 3.22. The number of hydrogen-bond donors (Lipinski definition) is 0. The quantitative estimate of drug-likeness (QED) is 0.650. The summed E-state index contributed by atoms with van der Waals surface area (Å²) in [7, 11) is 0. The molecule has 1 aliphatic carbocycles. The standard InChI is InChI=1S/C17H12ClF3N4O/c18-11-5-10(1-2-12(11)19)17(3-4-17)6-13-22-7-9(8-23-13)15-24-25-16(26-15)14(20)21/h1-2,5,7-8,14H,3-4,6H2. The first-order chi connectivity index (χ1) is 12.5. The highest BCUT2D eigenvalue weighted by Gasteiger charge is 2.45. The molecule has 134 valence electrons. The largest absolute Gasteiger partial charge is 0.415 e. The van der Waals surface area contributed by atoms with Crippen LogP contribution in [0, 0.1) is 5.82 Å². The number of alkyl halides is 2. The Balaban J connectivity index is 1.53. The van der Waals surface area contributed by atoms with Crippen LogP contribution in [0.2, 0.25) is 5.02 Å². The molecule has 0 amide bonds. The highest BCUT2D eigenvalue weighted by atomic mass is 35.5. The molecular weight excluding hydrogens is 369 g/mol. The van der Waals surface area contributed by atoms with Gasteiger partial charge in [-0.1, -0.05) is 17.7 Å². The second-order valence-corrected chi connectivity index (χ2v) is 6.63. The Kier molecular flexibility index (Phi) is 4.14. The first-order valence-corrected chi connectivity index (χ1v) is 8.23. The van der Waals surface area contributed by atoms with E-state index in [-0.39, 0.29) is 16.3 Å². The molecule has 0 radical (unpaired) electrons. The summed E-state index contributed by atoms with van der Waals surface area (Å²) in [5.41, 5.74) is 1.17. The van der Waals surface area contributed by atoms with Crippen LogP contribution in [0.1, 0.15) is 36.5 Å². The van der Waals surface area contributed by atoms with Crippen LogP contribution in [0.5, 0.6) is 0 Å². The van der Waals surface area contributed by atoms with Crippen molar-refractivity contribution in [3.63, 3.8) is 0 Å². The third-order valence-corrected chi connectivity index (χ3v) is 4.75. The molecule has 9 heteroatoms. The summed E-state index contributed by atoms with van der Waals surface area (Å²) in [5.74, 6) is -0.665. The Morgan fingerprint density at radius 3 is 2.46 bits per heavy atom. The normalized spacial score (nSPS) is 15.4. The van der Waals surface area contributed by atoms with E-state index in [9.17, 15) is 13.2 Å². The lowest BCUT2D eigenvalue weighted by Crippen LogP contribution is -2.13. The van der Waals surface area contributed by atoms with Crippen LogP contribution in [-0.2, 0) is 11.8 Å². The summed E-state index contributed by atoms with van der Waals surface area (Å²) >= 11 is 5.88. The van der Waals surface area contributed by atoms with Crippen LogP contribution in [0.3, 0.4) is 0 Å². The van der Waals surface area contributed by atoms with E-state index in [2.05, 4.69) is 20.2 Å². The zero-order valence-corrected chi connectivity index (χ0v) is 14.1. The summed E-state index contributed by atoms with van der Waals surface area (Å²) in [4.78, 5) is 8.53. The van der Waals surface area contributed by atoms with Gasteiger partial charge in [0.2, 0.25) is 0 Å². The predicted octanol–water partition coefficient (Wildman–Crippen LogP) is 4.53. The summed E-state index contributed by atoms with van der Waals surface area (Å²) < 4.78 is 43.3. The number of hydrogen-bond acceptors (Lipinski definition) is 5. The highest BCUT2D eigenvalue weighted by molar-refractivity contribution is 6.30. The van der Waals surface area contributed by atoms with E-state index in [1.165, 1.54) is 18.5 Å². The molecule has 2 aromatic heterocycles. The summed E-state index contributed by atoms with van der Waals surface area (Å²) in [6.45, 7) is 0. The molecule has 0 unspecified atom stereocenters. The molecule has 5 nitrogen and oxygen atoms in total. The van der Waals surface area contributed by atoms with Gasteiger partial charge in [-0.3, -0.25) is 0 Å². The first-order valence-electron chi connectivity index (χ1n) is 7.85. The van der Waals surface area contributed by atoms with Gasteiger partial charge in [0, 0.05) is 24.2 Å². The van der Waals surface area contributed by atoms with Crippen LogP contribution in [0.15, 0.2) is 35.0 Å². The van der Waals surface area contributed by atoms with Crippen molar-refractivity contribution in [2.75, 3.05) is 0 Å². The van der Waals surface area contributed by atoms with Crippen molar-refractivity contribution in [1.29, 1.82) is 0 Å². The number of aromatic nitrogens is 4. The molecule has 0 aliphatic heterocycles. The zero-order valence-electron chi connectivity index (χ0n) is 13.3. The van der Waals surface area contributed by atoms with Gasteiger partial charge in [-0.05, 0) is 30.5 Å². The van der Waals surface area contributed by atoms with Crippen molar-refractivity contribution < 1.29 is 17.6 Å². The minimum Gasteiger partial charge on any atom is -0.415 e. The first kappa shape index (κ1) is 17.0. The fraction of sp³-hybridized carbons (Fsp3) is 0.294. The third kappa shape index (κ3) is 3.16. The van der Waals surface area contributed by atoms with Gasteiger partial charge in [-0.2, -0.15) is 8.78 Å². The van der Waals surface area contributed by atoms with Crippen molar-refractivity contribution in [2.24, 2.45) is 0 Å². The smallest absolute Gasteiger partial charge is 0.314 e. The molecule has 0 bridgehead atoms. The lowest BCUT2D eigenvalue weighted by molar-refractivity contribution is 0.116. The van der Waals surface area contributed by atoms with Gasteiger partial charge in [0.05, 0.1) is 10.6 Å². The molecule has 1 aliphatic rings. The van der Waals surface area contributed by atoms with E-state index in [0.29, 0.717) is 17.8 Å². The minimum absolute atomic E-state index is 0.0571. The second kappa shape index (κ2) is 6.35. The van der Waals surface area contributed by atoms with Crippen molar-refractivity contribution >= 4 is 11.6 Å². The van der Waals surface area contributed by atoms with Gasteiger partial charge in [0.1, 0.15) is 11.6 Å². The minimum atomic E-state index is -2.83. The van der Waals surface area contributed by atoms with E-state index in [4.69, 9.17) is 16.0 Å². The van der Waals surface area contributed by atoms with E-state index in [1.807, 2.05) is 0 Å². The van der Waals surface area contributed by atoms with Gasteiger partial charge >= 0.3 is 6.43 Å². The average molecular weight is 381 g/mol. The Labute approximate surface area is 151 Å². The molecule has 0 N–H and O–H groups in total. The van der Waals surface area contributed by atoms with Gasteiger partial charge < -0.3 is 4.42 Å². The van der Waals surface area contributed by atoms with Crippen LogP contribution in [0.4, 0.5) is 13.2 Å². The van der Waals surface area contributed by atoms with Crippen molar-refractivity contribution in [2.45, 2.75) is 31.1 Å². The Morgan fingerprint density at radius 2 is 1.88 bits per heavy atom. The fourth-order valence-corrected chi connectivity index (χ4v) is 3.02. The number of rotatable bonds is 5. The molecule has 4 rings (SSSR count). The van der Waals surface area contributed by atoms with Crippen molar-refractivity contribution in [3.8, 4) is 11.5 Å². The topological polar surface area (TPSA) is 64.7 Å². The van der Waals surface area contributed by atoms with Crippen LogP contribution in [0.25, 0.3) is 11.5 Å². The molecular formula is C17H12ClF3N4O. The number of nitrogens with zero attached hydrogens (tertiary/aromatic N) is 4. The lowest BCUT2D eigenvalue weighted by atomic mass is 9.92. The van der Waals surface area contributed by atoms with E-state index < -0.39 is 18.1 Å². The van der Waals surface area contributed by atoms with E-state index in [1.54, 1.807) is 12.1 Å². The molecule has 3 aromatic rings. The van der Waals surface area contributed by atoms with Crippen LogP contribution >= 0.6 is 11.6 Å². The molecule has 1 aromatic carbocycles. The van der Waals surface area contributed by atoms with Crippen molar-refractivity contribution in [1.82, 2.24) is 20.2 Å². The number of benzene rings is 1. The molecule has 2 heterocycles. The monoisotopic (exact) mass is 380 g/mol. The van der Waals surface area contributed by atoms with E-state index in [0.717, 1.165) is 18.4 Å². The molecule has 26 heavy (non-hydrogen) atoms. The van der Waals surface area contributed by atoms with Gasteiger partial charge in [0.15, 0.2) is 0 Å². The zero-order chi connectivity index (χ0) is 18.3. The maximum absolute atomic E-state index is 13.4.